The summed E-state index contributed by atoms with van der Waals surface area (Å²) in [6, 6.07) is 8.34. The quantitative estimate of drug-likeness (QED) is 0.389. The number of fused-ring (bicyclic) bond motifs is 4. The number of rotatable bonds is 0. The molecular weight excluding hydrogens is 438 g/mol. The summed E-state index contributed by atoms with van der Waals surface area (Å²) in [7, 11) is 0. The second kappa shape index (κ2) is 4.78. The standard InChI is InChI=1S/C15H5Cl2IN2O2/c16-6-3-9(17)12-10(4-6)19-14-13(21)8-5-7(18)1-2-11(8)20(14)15(12)22/h1-5H. The second-order valence-corrected chi connectivity index (χ2v) is 6.94. The van der Waals surface area contributed by atoms with Crippen molar-refractivity contribution in [2.75, 3.05) is 0 Å². The number of halogens is 3. The molecule has 22 heavy (non-hydrogen) atoms. The molecular formula is C15H5Cl2IN2O2. The molecule has 0 fully saturated rings. The largest absolute Gasteiger partial charge is 0.285 e. The molecule has 0 N–H and O–H groups in total. The Balaban J connectivity index is 2.20. The first-order valence-corrected chi connectivity index (χ1v) is 8.07. The van der Waals surface area contributed by atoms with Crippen LogP contribution < -0.4 is 5.56 Å². The zero-order chi connectivity index (χ0) is 15.6. The van der Waals surface area contributed by atoms with E-state index < -0.39 is 0 Å². The van der Waals surface area contributed by atoms with E-state index in [9.17, 15) is 9.59 Å². The Morgan fingerprint density at radius 1 is 1.09 bits per heavy atom. The third-order valence-corrected chi connectivity index (χ3v) is 4.72. The lowest BCUT2D eigenvalue weighted by molar-refractivity contribution is 0.103. The van der Waals surface area contributed by atoms with E-state index in [1.54, 1.807) is 12.1 Å². The van der Waals surface area contributed by atoms with Gasteiger partial charge in [-0.3, -0.25) is 14.2 Å². The number of hydrogen-bond acceptors (Lipinski definition) is 3. The van der Waals surface area contributed by atoms with Crippen LogP contribution in [-0.4, -0.2) is 15.3 Å². The molecule has 0 saturated carbocycles. The second-order valence-electron chi connectivity index (χ2n) is 4.85. The van der Waals surface area contributed by atoms with Gasteiger partial charge in [-0.25, -0.2) is 4.98 Å². The summed E-state index contributed by atoms with van der Waals surface area (Å²) in [6.07, 6.45) is 0. The molecule has 0 bridgehead atoms. The van der Waals surface area contributed by atoms with E-state index in [0.717, 1.165) is 3.57 Å². The zero-order valence-electron chi connectivity index (χ0n) is 10.7. The number of ketones is 1. The number of carbonyl (C=O) groups is 1. The lowest BCUT2D eigenvalue weighted by Crippen LogP contribution is -2.21. The van der Waals surface area contributed by atoms with Gasteiger partial charge in [0.1, 0.15) is 0 Å². The van der Waals surface area contributed by atoms with Crippen LogP contribution in [0.1, 0.15) is 16.2 Å². The van der Waals surface area contributed by atoms with E-state index in [0.29, 0.717) is 21.8 Å². The molecule has 2 heterocycles. The summed E-state index contributed by atoms with van der Waals surface area (Å²) < 4.78 is 2.23. The summed E-state index contributed by atoms with van der Waals surface area (Å²) in [5.41, 5.74) is 0.958. The van der Waals surface area contributed by atoms with Gasteiger partial charge in [0.25, 0.3) is 5.56 Å². The first-order chi connectivity index (χ1) is 10.5. The SMILES string of the molecule is O=C1c2cc(I)ccc2-n2c1nc1cc(Cl)cc(Cl)c1c2=O. The maximum atomic E-state index is 12.8. The third kappa shape index (κ3) is 1.85. The smallest absolute Gasteiger partial charge is 0.267 e. The molecule has 0 atom stereocenters. The Bertz CT molecular complexity index is 1060. The fourth-order valence-electron chi connectivity index (χ4n) is 2.61. The van der Waals surface area contributed by atoms with Gasteiger partial charge in [0.2, 0.25) is 5.78 Å². The van der Waals surface area contributed by atoms with Gasteiger partial charge >= 0.3 is 0 Å². The highest BCUT2D eigenvalue weighted by Gasteiger charge is 2.30. The highest BCUT2D eigenvalue weighted by atomic mass is 127. The van der Waals surface area contributed by atoms with Gasteiger partial charge < -0.3 is 0 Å². The van der Waals surface area contributed by atoms with Gasteiger partial charge in [-0.2, -0.15) is 0 Å². The van der Waals surface area contributed by atoms with Crippen molar-refractivity contribution in [1.29, 1.82) is 0 Å². The van der Waals surface area contributed by atoms with Crippen molar-refractivity contribution in [3.05, 3.63) is 65.7 Å². The molecule has 1 aromatic heterocycles. The average Bonchev–Trinajstić information content (AvgIpc) is 2.71. The van der Waals surface area contributed by atoms with Crippen LogP contribution in [0.4, 0.5) is 0 Å². The van der Waals surface area contributed by atoms with Crippen molar-refractivity contribution >= 4 is 62.5 Å². The predicted molar refractivity (Wildman–Crippen MR) is 93.5 cm³/mol. The van der Waals surface area contributed by atoms with Crippen molar-refractivity contribution in [1.82, 2.24) is 9.55 Å². The van der Waals surface area contributed by atoms with Crippen LogP contribution in [0.3, 0.4) is 0 Å². The summed E-state index contributed by atoms with van der Waals surface area (Å²) >= 11 is 14.2. The topological polar surface area (TPSA) is 52.0 Å². The van der Waals surface area contributed by atoms with Gasteiger partial charge in [-0.05, 0) is 52.9 Å². The molecule has 3 aromatic rings. The fraction of sp³-hybridized carbons (Fsp3) is 0. The molecule has 4 rings (SSSR count). The Morgan fingerprint density at radius 2 is 1.86 bits per heavy atom. The molecule has 0 saturated heterocycles. The maximum Gasteiger partial charge on any atom is 0.267 e. The Labute approximate surface area is 147 Å². The van der Waals surface area contributed by atoms with Crippen molar-refractivity contribution in [3.8, 4) is 5.69 Å². The Morgan fingerprint density at radius 3 is 2.64 bits per heavy atom. The zero-order valence-corrected chi connectivity index (χ0v) is 14.4. The third-order valence-electron chi connectivity index (χ3n) is 3.54. The van der Waals surface area contributed by atoms with Crippen molar-refractivity contribution in [2.24, 2.45) is 0 Å². The normalized spacial score (nSPS) is 12.6. The molecule has 7 heteroatoms. The molecule has 2 aromatic carbocycles. The van der Waals surface area contributed by atoms with Crippen LogP contribution >= 0.6 is 45.8 Å². The van der Waals surface area contributed by atoms with Crippen molar-refractivity contribution in [2.45, 2.75) is 0 Å². The maximum absolute atomic E-state index is 12.8. The van der Waals surface area contributed by atoms with Gasteiger partial charge in [-0.1, -0.05) is 23.2 Å². The van der Waals surface area contributed by atoms with Gasteiger partial charge in [-0.15, -0.1) is 0 Å². The van der Waals surface area contributed by atoms with Crippen LogP contribution in [0.25, 0.3) is 16.6 Å². The minimum Gasteiger partial charge on any atom is -0.285 e. The monoisotopic (exact) mass is 442 g/mol. The van der Waals surface area contributed by atoms with Crippen LogP contribution in [0.15, 0.2) is 35.1 Å². The van der Waals surface area contributed by atoms with E-state index >= 15 is 0 Å². The van der Waals surface area contributed by atoms with Crippen LogP contribution in [-0.2, 0) is 0 Å². The predicted octanol–water partition coefficient (Wildman–Crippen LogP) is 3.84. The van der Waals surface area contributed by atoms with Gasteiger partial charge in [0.15, 0.2) is 5.82 Å². The Hall–Kier alpha value is -1.44. The average molecular weight is 443 g/mol. The van der Waals surface area contributed by atoms with Crippen LogP contribution in [0, 0.1) is 3.57 Å². The van der Waals surface area contributed by atoms with Gasteiger partial charge in [0, 0.05) is 8.59 Å². The summed E-state index contributed by atoms with van der Waals surface area (Å²) in [6.45, 7) is 0. The molecule has 0 radical (unpaired) electrons. The summed E-state index contributed by atoms with van der Waals surface area (Å²) in [5.74, 6) is -0.184. The first-order valence-electron chi connectivity index (χ1n) is 6.24. The van der Waals surface area contributed by atoms with Crippen LogP contribution in [0.2, 0.25) is 10.0 Å². The minimum absolute atomic E-state index is 0.0906. The molecule has 0 unspecified atom stereocenters. The Kier molecular flexibility index (Phi) is 3.08. The number of carbonyl (C=O) groups excluding carboxylic acids is 1. The highest BCUT2D eigenvalue weighted by molar-refractivity contribution is 14.1. The lowest BCUT2D eigenvalue weighted by atomic mass is 10.1. The molecule has 4 nitrogen and oxygen atoms in total. The number of hydrogen-bond donors (Lipinski definition) is 0. The summed E-state index contributed by atoms with van der Waals surface area (Å²) in [5, 5.41) is 0.850. The molecule has 1 aliphatic rings. The lowest BCUT2D eigenvalue weighted by Gasteiger charge is -2.07. The molecule has 0 amide bonds. The minimum atomic E-state index is -0.366. The molecule has 0 spiro atoms. The molecule has 0 aliphatic carbocycles. The first kappa shape index (κ1) is 14.2. The molecule has 1 aliphatic heterocycles. The number of benzene rings is 2. The fourth-order valence-corrected chi connectivity index (χ4v) is 3.67. The van der Waals surface area contributed by atoms with Crippen molar-refractivity contribution < 1.29 is 4.79 Å². The van der Waals surface area contributed by atoms with E-state index in [1.165, 1.54) is 16.7 Å². The van der Waals surface area contributed by atoms with E-state index in [1.807, 2.05) is 6.07 Å². The van der Waals surface area contributed by atoms with Crippen molar-refractivity contribution in [3.63, 3.8) is 0 Å². The van der Waals surface area contributed by atoms with E-state index in [2.05, 4.69) is 27.6 Å². The highest BCUT2D eigenvalue weighted by Crippen LogP contribution is 2.30. The van der Waals surface area contributed by atoms with Crippen LogP contribution in [0.5, 0.6) is 0 Å². The number of aromatic nitrogens is 2. The molecule has 108 valence electrons. The number of nitrogens with zero attached hydrogens (tertiary/aromatic N) is 2. The van der Waals surface area contributed by atoms with E-state index in [4.69, 9.17) is 23.2 Å². The summed E-state index contributed by atoms with van der Waals surface area (Å²) in [4.78, 5) is 29.6. The van der Waals surface area contributed by atoms with E-state index in [-0.39, 0.29) is 27.6 Å². The van der Waals surface area contributed by atoms with Gasteiger partial charge in [0.05, 0.1) is 27.2 Å².